The maximum absolute atomic E-state index is 12.9. The quantitative estimate of drug-likeness (QED) is 0.609. The van der Waals surface area contributed by atoms with Gasteiger partial charge in [0.15, 0.2) is 0 Å². The fourth-order valence-corrected chi connectivity index (χ4v) is 5.71. The zero-order valence-electron chi connectivity index (χ0n) is 16.4. The Morgan fingerprint density at radius 1 is 1.00 bits per heavy atom. The summed E-state index contributed by atoms with van der Waals surface area (Å²) in [6, 6.07) is 17.0. The highest BCUT2D eigenvalue weighted by atomic mass is 32.2. The van der Waals surface area contributed by atoms with Crippen molar-refractivity contribution in [3.63, 3.8) is 0 Å². The predicted octanol–water partition coefficient (Wildman–Crippen LogP) is 2.61. The minimum absolute atomic E-state index is 0.116. The van der Waals surface area contributed by atoms with Gasteiger partial charge in [-0.3, -0.25) is 10.1 Å². The Labute approximate surface area is 179 Å². The molecule has 156 valence electrons. The first-order valence-electron chi connectivity index (χ1n) is 9.45. The standard InChI is InChI=1S/C20H21N5O3S2/c1-15-6-5-7-16(14-15)18(26)21-19-22-23-20(29-19)30(27,28)25-12-10-24(11-13-25)17-8-3-2-4-9-17/h2-9,14H,10-13H2,1H3,(H,21,22,26). The number of aromatic nitrogens is 2. The van der Waals surface area contributed by atoms with E-state index in [0.717, 1.165) is 22.6 Å². The first kappa shape index (κ1) is 20.5. The predicted molar refractivity (Wildman–Crippen MR) is 116 cm³/mol. The van der Waals surface area contributed by atoms with Crippen LogP contribution in [0.15, 0.2) is 58.9 Å². The highest BCUT2D eigenvalue weighted by Crippen LogP contribution is 2.25. The Kier molecular flexibility index (Phi) is 5.80. The Balaban J connectivity index is 1.42. The number of aryl methyl sites for hydroxylation is 1. The molecular formula is C20H21N5O3S2. The van der Waals surface area contributed by atoms with Gasteiger partial charge >= 0.3 is 0 Å². The van der Waals surface area contributed by atoms with Crippen molar-refractivity contribution in [1.82, 2.24) is 14.5 Å². The van der Waals surface area contributed by atoms with Crippen LogP contribution >= 0.6 is 11.3 Å². The van der Waals surface area contributed by atoms with E-state index < -0.39 is 10.0 Å². The van der Waals surface area contributed by atoms with Crippen LogP contribution in [0.4, 0.5) is 10.8 Å². The van der Waals surface area contributed by atoms with Crippen molar-refractivity contribution < 1.29 is 13.2 Å². The van der Waals surface area contributed by atoms with Crippen molar-refractivity contribution in [3.05, 3.63) is 65.7 Å². The van der Waals surface area contributed by atoms with Crippen molar-refractivity contribution >= 4 is 38.1 Å². The number of piperazine rings is 1. The summed E-state index contributed by atoms with van der Waals surface area (Å²) in [4.78, 5) is 14.5. The van der Waals surface area contributed by atoms with Crippen LogP contribution in [0.5, 0.6) is 0 Å². The van der Waals surface area contributed by atoms with Gasteiger partial charge in [0.2, 0.25) is 9.47 Å². The molecule has 1 aromatic heterocycles. The monoisotopic (exact) mass is 443 g/mol. The highest BCUT2D eigenvalue weighted by molar-refractivity contribution is 7.91. The van der Waals surface area contributed by atoms with Gasteiger partial charge in [0.05, 0.1) is 0 Å². The fraction of sp³-hybridized carbons (Fsp3) is 0.250. The molecular weight excluding hydrogens is 422 g/mol. The molecule has 2 aromatic carbocycles. The van der Waals surface area contributed by atoms with Crippen molar-refractivity contribution in [2.45, 2.75) is 11.3 Å². The van der Waals surface area contributed by atoms with E-state index in [-0.39, 0.29) is 15.4 Å². The minimum Gasteiger partial charge on any atom is -0.369 e. The van der Waals surface area contributed by atoms with Gasteiger partial charge in [0.1, 0.15) is 0 Å². The summed E-state index contributed by atoms with van der Waals surface area (Å²) in [5, 5.41) is 10.4. The minimum atomic E-state index is -3.75. The molecule has 4 rings (SSSR count). The van der Waals surface area contributed by atoms with E-state index in [9.17, 15) is 13.2 Å². The van der Waals surface area contributed by atoms with Crippen molar-refractivity contribution in [2.75, 3.05) is 36.4 Å². The molecule has 0 aliphatic carbocycles. The molecule has 8 nitrogen and oxygen atoms in total. The third-order valence-corrected chi connectivity index (χ3v) is 7.91. The fourth-order valence-electron chi connectivity index (χ4n) is 3.26. The van der Waals surface area contributed by atoms with Crippen LogP contribution < -0.4 is 10.2 Å². The SMILES string of the molecule is Cc1cccc(C(=O)Nc2nnc(S(=O)(=O)N3CCN(c4ccccc4)CC3)s2)c1. The van der Waals surface area contributed by atoms with Gasteiger partial charge in [-0.15, -0.1) is 10.2 Å². The van der Waals surface area contributed by atoms with Gasteiger partial charge < -0.3 is 4.90 Å². The number of amides is 1. The lowest BCUT2D eigenvalue weighted by molar-refractivity contribution is 0.102. The van der Waals surface area contributed by atoms with Crippen LogP contribution in [0, 0.1) is 6.92 Å². The van der Waals surface area contributed by atoms with E-state index in [2.05, 4.69) is 20.4 Å². The normalized spacial score (nSPS) is 15.2. The molecule has 3 aromatic rings. The van der Waals surface area contributed by atoms with E-state index >= 15 is 0 Å². The summed E-state index contributed by atoms with van der Waals surface area (Å²) in [5.41, 5.74) is 2.51. The number of benzene rings is 2. The van der Waals surface area contributed by atoms with Gasteiger partial charge in [-0.1, -0.05) is 47.2 Å². The lowest BCUT2D eigenvalue weighted by Crippen LogP contribution is -2.48. The number of hydrogen-bond donors (Lipinski definition) is 1. The molecule has 0 spiro atoms. The smallest absolute Gasteiger partial charge is 0.272 e. The first-order valence-corrected chi connectivity index (χ1v) is 11.7. The summed E-state index contributed by atoms with van der Waals surface area (Å²) in [7, 11) is -3.75. The second-order valence-electron chi connectivity index (χ2n) is 6.92. The molecule has 0 saturated carbocycles. The average Bonchev–Trinajstić information content (AvgIpc) is 3.24. The molecule has 2 heterocycles. The number of hydrogen-bond acceptors (Lipinski definition) is 7. The summed E-state index contributed by atoms with van der Waals surface area (Å²) in [6.07, 6.45) is 0. The maximum Gasteiger partial charge on any atom is 0.272 e. The zero-order chi connectivity index (χ0) is 21.1. The molecule has 0 radical (unpaired) electrons. The molecule has 1 saturated heterocycles. The lowest BCUT2D eigenvalue weighted by Gasteiger charge is -2.34. The van der Waals surface area contributed by atoms with Gasteiger partial charge in [-0.2, -0.15) is 4.31 Å². The number of carbonyl (C=O) groups is 1. The number of carbonyl (C=O) groups excluding carboxylic acids is 1. The van der Waals surface area contributed by atoms with Crippen LogP contribution in [-0.2, 0) is 10.0 Å². The first-order chi connectivity index (χ1) is 14.4. The zero-order valence-corrected chi connectivity index (χ0v) is 18.0. The van der Waals surface area contributed by atoms with Crippen LogP contribution in [0.2, 0.25) is 0 Å². The maximum atomic E-state index is 12.9. The topological polar surface area (TPSA) is 95.5 Å². The van der Waals surface area contributed by atoms with E-state index in [1.54, 1.807) is 18.2 Å². The van der Waals surface area contributed by atoms with Crippen molar-refractivity contribution in [1.29, 1.82) is 0 Å². The van der Waals surface area contributed by atoms with Gasteiger partial charge in [0, 0.05) is 37.4 Å². The van der Waals surface area contributed by atoms with E-state index in [1.807, 2.05) is 43.3 Å². The molecule has 0 unspecified atom stereocenters. The second-order valence-corrected chi connectivity index (χ2v) is 10.0. The highest BCUT2D eigenvalue weighted by Gasteiger charge is 2.32. The van der Waals surface area contributed by atoms with Crippen LogP contribution in [-0.4, -0.2) is 55.0 Å². The van der Waals surface area contributed by atoms with Gasteiger partial charge in [0.25, 0.3) is 15.9 Å². The van der Waals surface area contributed by atoms with E-state index in [4.69, 9.17) is 0 Å². The van der Waals surface area contributed by atoms with Gasteiger partial charge in [-0.25, -0.2) is 8.42 Å². The molecule has 10 heteroatoms. The molecule has 1 N–H and O–H groups in total. The number of anilines is 2. The van der Waals surface area contributed by atoms with Crippen LogP contribution in [0.25, 0.3) is 0 Å². The number of rotatable bonds is 5. The van der Waals surface area contributed by atoms with Crippen molar-refractivity contribution in [2.24, 2.45) is 0 Å². The molecule has 30 heavy (non-hydrogen) atoms. The summed E-state index contributed by atoms with van der Waals surface area (Å²) in [5.74, 6) is -0.352. The molecule has 0 atom stereocenters. The Morgan fingerprint density at radius 3 is 2.43 bits per heavy atom. The Morgan fingerprint density at radius 2 is 1.73 bits per heavy atom. The third-order valence-electron chi connectivity index (χ3n) is 4.83. The Hall–Kier alpha value is -2.82. The van der Waals surface area contributed by atoms with Crippen LogP contribution in [0.3, 0.4) is 0 Å². The largest absolute Gasteiger partial charge is 0.369 e. The third kappa shape index (κ3) is 4.35. The average molecular weight is 444 g/mol. The number of para-hydroxylation sites is 1. The molecule has 1 fully saturated rings. The van der Waals surface area contributed by atoms with Gasteiger partial charge in [-0.05, 0) is 31.2 Å². The van der Waals surface area contributed by atoms with Crippen molar-refractivity contribution in [3.8, 4) is 0 Å². The molecule has 0 bridgehead atoms. The lowest BCUT2D eigenvalue weighted by atomic mass is 10.1. The van der Waals surface area contributed by atoms with E-state index in [0.29, 0.717) is 31.7 Å². The van der Waals surface area contributed by atoms with Crippen LogP contribution in [0.1, 0.15) is 15.9 Å². The second kappa shape index (κ2) is 8.50. The van der Waals surface area contributed by atoms with E-state index in [1.165, 1.54) is 4.31 Å². The molecule has 1 aliphatic rings. The number of nitrogens with one attached hydrogen (secondary N) is 1. The number of nitrogens with zero attached hydrogens (tertiary/aromatic N) is 4. The summed E-state index contributed by atoms with van der Waals surface area (Å²) in [6.45, 7) is 3.81. The summed E-state index contributed by atoms with van der Waals surface area (Å²) < 4.78 is 27.2. The summed E-state index contributed by atoms with van der Waals surface area (Å²) >= 11 is 0.860. The molecule has 1 aliphatic heterocycles. The Bertz CT molecular complexity index is 1140. The number of sulfonamides is 1. The molecule has 1 amide bonds.